The molecular formula is C14H22O3. The van der Waals surface area contributed by atoms with Crippen LogP contribution in [0.1, 0.15) is 33.6 Å². The van der Waals surface area contributed by atoms with Gasteiger partial charge in [0.05, 0.1) is 12.2 Å². The van der Waals surface area contributed by atoms with Crippen molar-refractivity contribution in [2.75, 3.05) is 13.2 Å². The number of benzene rings is 1. The normalized spacial score (nSPS) is 11.3. The lowest BCUT2D eigenvalue weighted by Crippen LogP contribution is -2.34. The van der Waals surface area contributed by atoms with Gasteiger partial charge < -0.3 is 14.6 Å². The highest BCUT2D eigenvalue weighted by molar-refractivity contribution is 5.39. The second-order valence-electron chi connectivity index (χ2n) is 4.10. The average Bonchev–Trinajstić information content (AvgIpc) is 2.38. The first kappa shape index (κ1) is 13.8. The first-order valence-electron chi connectivity index (χ1n) is 6.22. The molecule has 0 saturated carbocycles. The molecule has 0 aliphatic carbocycles. The molecule has 17 heavy (non-hydrogen) atoms. The van der Waals surface area contributed by atoms with Gasteiger partial charge >= 0.3 is 0 Å². The third-order valence-corrected chi connectivity index (χ3v) is 2.96. The Labute approximate surface area is 103 Å². The highest BCUT2D eigenvalue weighted by Gasteiger charge is 2.23. The van der Waals surface area contributed by atoms with E-state index in [0.29, 0.717) is 31.8 Å². The Morgan fingerprint density at radius 1 is 1.00 bits per heavy atom. The van der Waals surface area contributed by atoms with Crippen molar-refractivity contribution in [1.82, 2.24) is 0 Å². The van der Waals surface area contributed by atoms with Gasteiger partial charge in [-0.05, 0) is 31.9 Å². The second-order valence-corrected chi connectivity index (χ2v) is 4.10. The van der Waals surface area contributed by atoms with E-state index in [9.17, 15) is 5.11 Å². The minimum Gasteiger partial charge on any atom is -0.490 e. The van der Waals surface area contributed by atoms with Gasteiger partial charge in [-0.1, -0.05) is 26.0 Å². The summed E-state index contributed by atoms with van der Waals surface area (Å²) in [5.41, 5.74) is -0.751. The number of aliphatic hydroxyl groups is 1. The number of hydrogen-bond acceptors (Lipinski definition) is 3. The lowest BCUT2D eigenvalue weighted by molar-refractivity contribution is -0.0120. The molecule has 1 aromatic carbocycles. The van der Waals surface area contributed by atoms with Crippen molar-refractivity contribution in [1.29, 1.82) is 0 Å². The molecule has 3 heteroatoms. The first-order valence-corrected chi connectivity index (χ1v) is 6.22. The second kappa shape index (κ2) is 6.50. The Kier molecular flexibility index (Phi) is 5.29. The zero-order valence-corrected chi connectivity index (χ0v) is 10.9. The predicted octanol–water partition coefficient (Wildman–Crippen LogP) is 3.02. The van der Waals surface area contributed by atoms with Gasteiger partial charge in [-0.2, -0.15) is 0 Å². The number of para-hydroxylation sites is 2. The van der Waals surface area contributed by atoms with Gasteiger partial charge in [-0.25, -0.2) is 0 Å². The van der Waals surface area contributed by atoms with Crippen LogP contribution in [0.25, 0.3) is 0 Å². The molecule has 0 unspecified atom stereocenters. The van der Waals surface area contributed by atoms with E-state index in [1.807, 2.05) is 45.0 Å². The maximum atomic E-state index is 10.1. The van der Waals surface area contributed by atoms with Crippen LogP contribution in [-0.4, -0.2) is 23.9 Å². The molecule has 3 nitrogen and oxygen atoms in total. The van der Waals surface area contributed by atoms with Crippen LogP contribution in [0.4, 0.5) is 0 Å². The quantitative estimate of drug-likeness (QED) is 0.793. The van der Waals surface area contributed by atoms with E-state index in [4.69, 9.17) is 9.47 Å². The van der Waals surface area contributed by atoms with E-state index < -0.39 is 5.60 Å². The van der Waals surface area contributed by atoms with E-state index in [1.165, 1.54) is 0 Å². The molecule has 0 aromatic heterocycles. The summed E-state index contributed by atoms with van der Waals surface area (Å²) in [6.07, 6.45) is 1.36. The standard InChI is InChI=1S/C14H22O3/c1-4-14(15,5-2)11-17-13-10-8-7-9-12(13)16-6-3/h7-10,15H,4-6,11H2,1-3H3. The fourth-order valence-electron chi connectivity index (χ4n) is 1.51. The average molecular weight is 238 g/mol. The summed E-state index contributed by atoms with van der Waals surface area (Å²) in [4.78, 5) is 0. The lowest BCUT2D eigenvalue weighted by Gasteiger charge is -2.25. The van der Waals surface area contributed by atoms with Gasteiger partial charge in [0.1, 0.15) is 6.61 Å². The van der Waals surface area contributed by atoms with E-state index in [2.05, 4.69) is 0 Å². The molecule has 1 N–H and O–H groups in total. The van der Waals surface area contributed by atoms with Gasteiger partial charge in [-0.15, -0.1) is 0 Å². The minimum atomic E-state index is -0.751. The summed E-state index contributed by atoms with van der Waals surface area (Å²) in [6.45, 7) is 6.75. The molecule has 1 rings (SSSR count). The molecule has 0 fully saturated rings. The van der Waals surface area contributed by atoms with Crippen molar-refractivity contribution in [3.63, 3.8) is 0 Å². The molecule has 0 heterocycles. The van der Waals surface area contributed by atoms with Crippen LogP contribution < -0.4 is 9.47 Å². The summed E-state index contributed by atoms with van der Waals surface area (Å²) < 4.78 is 11.1. The van der Waals surface area contributed by atoms with Gasteiger partial charge in [0, 0.05) is 0 Å². The highest BCUT2D eigenvalue weighted by atomic mass is 16.5. The van der Waals surface area contributed by atoms with E-state index in [0.717, 1.165) is 5.75 Å². The summed E-state index contributed by atoms with van der Waals surface area (Å²) in [5.74, 6) is 1.42. The summed E-state index contributed by atoms with van der Waals surface area (Å²) in [5, 5.41) is 10.1. The van der Waals surface area contributed by atoms with Gasteiger partial charge in [0.15, 0.2) is 11.5 Å². The van der Waals surface area contributed by atoms with Gasteiger partial charge in [-0.3, -0.25) is 0 Å². The molecule has 0 radical (unpaired) electrons. The molecule has 1 aromatic rings. The monoisotopic (exact) mass is 238 g/mol. The molecule has 0 atom stereocenters. The maximum absolute atomic E-state index is 10.1. The minimum absolute atomic E-state index is 0.296. The maximum Gasteiger partial charge on any atom is 0.161 e. The first-order chi connectivity index (χ1) is 8.15. The van der Waals surface area contributed by atoms with E-state index in [1.54, 1.807) is 0 Å². The molecule has 0 amide bonds. The number of ether oxygens (including phenoxy) is 2. The Morgan fingerprint density at radius 2 is 1.53 bits per heavy atom. The van der Waals surface area contributed by atoms with Crippen molar-refractivity contribution in [3.05, 3.63) is 24.3 Å². The van der Waals surface area contributed by atoms with Crippen LogP contribution in [0.15, 0.2) is 24.3 Å². The van der Waals surface area contributed by atoms with E-state index in [-0.39, 0.29) is 0 Å². The van der Waals surface area contributed by atoms with Gasteiger partial charge in [0.25, 0.3) is 0 Å². The summed E-state index contributed by atoms with van der Waals surface area (Å²) in [7, 11) is 0. The SMILES string of the molecule is CCOc1ccccc1OCC(O)(CC)CC. The van der Waals surface area contributed by atoms with Crippen molar-refractivity contribution in [3.8, 4) is 11.5 Å². The van der Waals surface area contributed by atoms with Crippen LogP contribution in [0.2, 0.25) is 0 Å². The zero-order chi connectivity index (χ0) is 12.7. The Balaban J connectivity index is 2.68. The van der Waals surface area contributed by atoms with Crippen LogP contribution >= 0.6 is 0 Å². The zero-order valence-electron chi connectivity index (χ0n) is 10.9. The van der Waals surface area contributed by atoms with Crippen LogP contribution in [0, 0.1) is 0 Å². The van der Waals surface area contributed by atoms with E-state index >= 15 is 0 Å². The van der Waals surface area contributed by atoms with Gasteiger partial charge in [0.2, 0.25) is 0 Å². The topological polar surface area (TPSA) is 38.7 Å². The number of hydrogen-bond donors (Lipinski definition) is 1. The van der Waals surface area contributed by atoms with Crippen molar-refractivity contribution in [2.45, 2.75) is 39.2 Å². The molecule has 0 aliphatic rings. The third kappa shape index (κ3) is 3.93. The number of rotatable bonds is 7. The Bertz CT molecular complexity index is 332. The summed E-state index contributed by atoms with van der Waals surface area (Å²) >= 11 is 0. The van der Waals surface area contributed by atoms with Crippen molar-refractivity contribution < 1.29 is 14.6 Å². The molecule has 0 spiro atoms. The summed E-state index contributed by atoms with van der Waals surface area (Å²) in [6, 6.07) is 7.53. The van der Waals surface area contributed by atoms with Crippen LogP contribution in [-0.2, 0) is 0 Å². The Hall–Kier alpha value is -1.22. The largest absolute Gasteiger partial charge is 0.490 e. The van der Waals surface area contributed by atoms with Crippen molar-refractivity contribution >= 4 is 0 Å². The van der Waals surface area contributed by atoms with Crippen LogP contribution in [0.3, 0.4) is 0 Å². The molecule has 0 bridgehead atoms. The predicted molar refractivity (Wildman–Crippen MR) is 68.6 cm³/mol. The third-order valence-electron chi connectivity index (χ3n) is 2.96. The fourth-order valence-corrected chi connectivity index (χ4v) is 1.51. The van der Waals surface area contributed by atoms with Crippen molar-refractivity contribution in [2.24, 2.45) is 0 Å². The van der Waals surface area contributed by atoms with Crippen LogP contribution in [0.5, 0.6) is 11.5 Å². The molecule has 96 valence electrons. The highest BCUT2D eigenvalue weighted by Crippen LogP contribution is 2.28. The molecule has 0 aliphatic heterocycles. The fraction of sp³-hybridized carbons (Fsp3) is 0.571. The smallest absolute Gasteiger partial charge is 0.161 e. The lowest BCUT2D eigenvalue weighted by atomic mass is 9.99. The Morgan fingerprint density at radius 3 is 2.00 bits per heavy atom. The molecule has 0 saturated heterocycles. The molecular weight excluding hydrogens is 216 g/mol.